The second kappa shape index (κ2) is 7.88. The number of pyridine rings is 1. The molecule has 2 saturated carbocycles. The summed E-state index contributed by atoms with van der Waals surface area (Å²) in [5.41, 5.74) is 4.16. The molecule has 2 aromatic rings. The molecule has 0 spiro atoms. The van der Waals surface area contributed by atoms with Gasteiger partial charge >= 0.3 is 0 Å². The van der Waals surface area contributed by atoms with Crippen LogP contribution in [0.15, 0.2) is 18.5 Å². The predicted molar refractivity (Wildman–Crippen MR) is 102 cm³/mol. The lowest BCUT2D eigenvalue weighted by atomic mass is 9.83. The lowest BCUT2D eigenvalue weighted by molar-refractivity contribution is 0.190. The van der Waals surface area contributed by atoms with Gasteiger partial charge in [-0.05, 0) is 55.2 Å². The van der Waals surface area contributed by atoms with Gasteiger partial charge in [-0.25, -0.2) is 4.98 Å². The smallest absolute Gasteiger partial charge is 0.140 e. The fourth-order valence-corrected chi connectivity index (χ4v) is 4.30. The van der Waals surface area contributed by atoms with Crippen molar-refractivity contribution in [3.8, 4) is 0 Å². The van der Waals surface area contributed by atoms with Crippen molar-refractivity contribution >= 4 is 11.0 Å². The van der Waals surface area contributed by atoms with Crippen molar-refractivity contribution in [1.82, 2.24) is 14.9 Å². The number of aryl methyl sites for hydroxylation is 1. The zero-order chi connectivity index (χ0) is 17.1. The Morgan fingerprint density at radius 3 is 2.80 bits per heavy atom. The Hall–Kier alpha value is -1.39. The summed E-state index contributed by atoms with van der Waals surface area (Å²) in [5.74, 6) is 0.716. The van der Waals surface area contributed by atoms with E-state index in [1.54, 1.807) is 12.7 Å². The molecule has 0 atom stereocenters. The van der Waals surface area contributed by atoms with Gasteiger partial charge in [0.25, 0.3) is 0 Å². The number of aromatic nitrogens is 2. The average Bonchev–Trinajstić information content (AvgIpc) is 3.42. The highest BCUT2D eigenvalue weighted by Crippen LogP contribution is 2.37. The highest BCUT2D eigenvalue weighted by Gasteiger charge is 2.24. The Bertz CT molecular complexity index is 698. The zero-order valence-electron chi connectivity index (χ0n) is 15.5. The van der Waals surface area contributed by atoms with Gasteiger partial charge in [-0.2, -0.15) is 0 Å². The van der Waals surface area contributed by atoms with Gasteiger partial charge in [0.15, 0.2) is 0 Å². The molecule has 1 N–H and O–H groups in total. The van der Waals surface area contributed by atoms with E-state index in [1.807, 2.05) is 6.20 Å². The minimum absolute atomic E-state index is 0.716. The summed E-state index contributed by atoms with van der Waals surface area (Å²) in [6, 6.07) is 3.03. The third kappa shape index (κ3) is 3.90. The van der Waals surface area contributed by atoms with E-state index >= 15 is 0 Å². The normalized spacial score (nSPS) is 18.9. The van der Waals surface area contributed by atoms with Gasteiger partial charge in [-0.1, -0.05) is 19.3 Å². The number of hydrogen-bond acceptors (Lipinski definition) is 3. The van der Waals surface area contributed by atoms with Crippen LogP contribution in [0.2, 0.25) is 0 Å². The van der Waals surface area contributed by atoms with Crippen molar-refractivity contribution in [3.63, 3.8) is 0 Å². The molecule has 2 aliphatic carbocycles. The van der Waals surface area contributed by atoms with Crippen LogP contribution in [0.3, 0.4) is 0 Å². The van der Waals surface area contributed by atoms with Crippen LogP contribution in [0.25, 0.3) is 11.0 Å². The number of nitrogens with zero attached hydrogens (tertiary/aromatic N) is 2. The van der Waals surface area contributed by atoms with Gasteiger partial charge in [0.2, 0.25) is 0 Å². The third-order valence-electron chi connectivity index (χ3n) is 5.82. The van der Waals surface area contributed by atoms with Crippen LogP contribution in [0.4, 0.5) is 0 Å². The summed E-state index contributed by atoms with van der Waals surface area (Å²) in [4.78, 5) is 4.77. The molecule has 4 heteroatoms. The van der Waals surface area contributed by atoms with Crippen LogP contribution in [0.1, 0.15) is 68.4 Å². The molecule has 4 rings (SSSR count). The zero-order valence-corrected chi connectivity index (χ0v) is 15.5. The lowest BCUT2D eigenvalue weighted by Crippen LogP contribution is -2.15. The van der Waals surface area contributed by atoms with Crippen molar-refractivity contribution in [1.29, 1.82) is 0 Å². The number of hydrogen-bond donors (Lipinski definition) is 1. The molecule has 4 nitrogen and oxygen atoms in total. The maximum absolute atomic E-state index is 5.24. The summed E-state index contributed by atoms with van der Waals surface area (Å²) in [6.45, 7) is 2.76. The molecule has 0 unspecified atom stereocenters. The Labute approximate surface area is 151 Å². The van der Waals surface area contributed by atoms with Crippen molar-refractivity contribution in [2.24, 2.45) is 0 Å². The first-order chi connectivity index (χ1) is 12.4. The lowest BCUT2D eigenvalue weighted by Gasteiger charge is -2.23. The maximum atomic E-state index is 5.24. The Morgan fingerprint density at radius 1 is 1.20 bits per heavy atom. The van der Waals surface area contributed by atoms with E-state index in [1.165, 1.54) is 61.5 Å². The minimum Gasteiger partial charge on any atom is -0.385 e. The third-order valence-corrected chi connectivity index (χ3v) is 5.82. The monoisotopic (exact) mass is 341 g/mol. The molecule has 0 amide bonds. The maximum Gasteiger partial charge on any atom is 0.140 e. The number of ether oxygens (including phenoxy) is 1. The molecule has 2 fully saturated rings. The summed E-state index contributed by atoms with van der Waals surface area (Å²) in [5, 5.41) is 5.14. The van der Waals surface area contributed by atoms with Crippen molar-refractivity contribution in [2.75, 3.05) is 13.7 Å². The van der Waals surface area contributed by atoms with E-state index in [9.17, 15) is 0 Å². The summed E-state index contributed by atoms with van der Waals surface area (Å²) in [6.07, 6.45) is 14.9. The molecule has 2 heterocycles. The second-order valence-corrected chi connectivity index (χ2v) is 7.78. The van der Waals surface area contributed by atoms with E-state index in [2.05, 4.69) is 22.1 Å². The van der Waals surface area contributed by atoms with Crippen molar-refractivity contribution < 1.29 is 4.74 Å². The fraction of sp³-hybridized carbons (Fsp3) is 0.667. The number of methoxy groups -OCH3 is 1. The SMILES string of the molecule is COCCCn1cc(CNC2CC2)c2c(C3CCCCC3)ccnc21. The first kappa shape index (κ1) is 17.0. The predicted octanol–water partition coefficient (Wildman–Crippen LogP) is 4.37. The van der Waals surface area contributed by atoms with Crippen molar-refractivity contribution in [2.45, 2.75) is 76.4 Å². The van der Waals surface area contributed by atoms with E-state index in [-0.39, 0.29) is 0 Å². The molecule has 136 valence electrons. The molecular formula is C21H31N3O. The molecular weight excluding hydrogens is 310 g/mol. The minimum atomic E-state index is 0.716. The van der Waals surface area contributed by atoms with Gasteiger partial charge in [0.05, 0.1) is 0 Å². The standard InChI is InChI=1S/C21H31N3O/c1-25-13-5-12-24-15-17(14-23-18-8-9-18)20-19(10-11-22-21(20)24)16-6-3-2-4-7-16/h10-11,15-16,18,23H,2-9,12-14H2,1H3. The van der Waals surface area contributed by atoms with E-state index < -0.39 is 0 Å². The Morgan fingerprint density at radius 2 is 2.04 bits per heavy atom. The molecule has 0 bridgehead atoms. The van der Waals surface area contributed by atoms with Gasteiger partial charge in [0.1, 0.15) is 5.65 Å². The van der Waals surface area contributed by atoms with Crippen LogP contribution < -0.4 is 5.32 Å². The number of rotatable bonds is 8. The van der Waals surface area contributed by atoms with Crippen LogP contribution >= 0.6 is 0 Å². The van der Waals surface area contributed by atoms with Crippen LogP contribution in [-0.4, -0.2) is 29.3 Å². The summed E-state index contributed by atoms with van der Waals surface area (Å²) in [7, 11) is 1.78. The van der Waals surface area contributed by atoms with E-state index in [0.29, 0.717) is 5.92 Å². The highest BCUT2D eigenvalue weighted by atomic mass is 16.5. The van der Waals surface area contributed by atoms with Crippen LogP contribution in [0.5, 0.6) is 0 Å². The first-order valence-corrected chi connectivity index (χ1v) is 10.1. The van der Waals surface area contributed by atoms with Crippen LogP contribution in [-0.2, 0) is 17.8 Å². The molecule has 0 aliphatic heterocycles. The highest BCUT2D eigenvalue weighted by molar-refractivity contribution is 5.84. The fourth-order valence-electron chi connectivity index (χ4n) is 4.30. The van der Waals surface area contributed by atoms with Gasteiger partial charge in [-0.3, -0.25) is 0 Å². The Kier molecular flexibility index (Phi) is 5.37. The van der Waals surface area contributed by atoms with E-state index in [4.69, 9.17) is 9.72 Å². The topological polar surface area (TPSA) is 39.1 Å². The molecule has 0 radical (unpaired) electrons. The molecule has 2 aliphatic rings. The quantitative estimate of drug-likeness (QED) is 0.725. The molecule has 2 aromatic heterocycles. The number of fused-ring (bicyclic) bond motifs is 1. The largest absolute Gasteiger partial charge is 0.385 e. The molecule has 0 aromatic carbocycles. The summed E-state index contributed by atoms with van der Waals surface area (Å²) < 4.78 is 7.59. The number of nitrogens with one attached hydrogen (secondary N) is 1. The average molecular weight is 341 g/mol. The van der Waals surface area contributed by atoms with Gasteiger partial charge in [-0.15, -0.1) is 0 Å². The molecule has 25 heavy (non-hydrogen) atoms. The Balaban J connectivity index is 1.67. The van der Waals surface area contributed by atoms with Gasteiger partial charge in [0, 0.05) is 50.6 Å². The first-order valence-electron chi connectivity index (χ1n) is 10.1. The van der Waals surface area contributed by atoms with Gasteiger partial charge < -0.3 is 14.6 Å². The second-order valence-electron chi connectivity index (χ2n) is 7.78. The molecule has 0 saturated heterocycles. The van der Waals surface area contributed by atoms with E-state index in [0.717, 1.165) is 32.2 Å². The van der Waals surface area contributed by atoms with Crippen molar-refractivity contribution in [3.05, 3.63) is 29.6 Å². The summed E-state index contributed by atoms with van der Waals surface area (Å²) >= 11 is 0. The van der Waals surface area contributed by atoms with Crippen LogP contribution in [0, 0.1) is 0 Å².